The van der Waals surface area contributed by atoms with Crippen LogP contribution >= 0.6 is 27.5 Å². The maximum Gasteiger partial charge on any atom is 0.391 e. The van der Waals surface area contributed by atoms with E-state index in [-0.39, 0.29) is 18.9 Å². The zero-order chi connectivity index (χ0) is 14.9. The summed E-state index contributed by atoms with van der Waals surface area (Å²) in [5.41, 5.74) is 1.69. The van der Waals surface area contributed by atoms with Gasteiger partial charge >= 0.3 is 6.18 Å². The number of halogens is 5. The predicted molar refractivity (Wildman–Crippen MR) is 79.3 cm³/mol. The maximum atomic E-state index is 12.8. The van der Waals surface area contributed by atoms with Crippen molar-refractivity contribution in [2.24, 2.45) is 5.92 Å². The molecule has 20 heavy (non-hydrogen) atoms. The van der Waals surface area contributed by atoms with Crippen LogP contribution in [0.25, 0.3) is 0 Å². The molecule has 0 bridgehead atoms. The molecule has 112 valence electrons. The monoisotopic (exact) mass is 369 g/mol. The van der Waals surface area contributed by atoms with E-state index in [1.165, 1.54) is 0 Å². The van der Waals surface area contributed by atoms with Gasteiger partial charge in [-0.3, -0.25) is 0 Å². The Labute approximate surface area is 130 Å². The highest BCUT2D eigenvalue weighted by atomic mass is 79.9. The van der Waals surface area contributed by atoms with Crippen LogP contribution in [0.1, 0.15) is 31.2 Å². The van der Waals surface area contributed by atoms with E-state index in [2.05, 4.69) is 21.2 Å². The smallest absolute Gasteiger partial charge is 0.381 e. The summed E-state index contributed by atoms with van der Waals surface area (Å²) >= 11 is 9.48. The molecule has 0 spiro atoms. The third-order valence-electron chi connectivity index (χ3n) is 3.75. The molecule has 2 atom stereocenters. The summed E-state index contributed by atoms with van der Waals surface area (Å²) in [6.45, 7) is 1.89. The predicted octanol–water partition coefficient (Wildman–Crippen LogP) is 5.94. The molecule has 1 aliphatic carbocycles. The van der Waals surface area contributed by atoms with Crippen molar-refractivity contribution in [1.82, 2.24) is 0 Å². The average molecular weight is 371 g/mol. The second kappa shape index (κ2) is 6.14. The van der Waals surface area contributed by atoms with Crippen LogP contribution in [-0.2, 0) is 0 Å². The van der Waals surface area contributed by atoms with E-state index in [1.807, 2.05) is 13.0 Å². The fraction of sp³-hybridized carbons (Fsp3) is 0.571. The normalized spacial score (nSPS) is 23.7. The van der Waals surface area contributed by atoms with Crippen molar-refractivity contribution in [3.8, 4) is 0 Å². The first-order valence-electron chi connectivity index (χ1n) is 6.56. The van der Waals surface area contributed by atoms with Gasteiger partial charge in [0.1, 0.15) is 0 Å². The van der Waals surface area contributed by atoms with Crippen LogP contribution in [-0.4, -0.2) is 12.2 Å². The van der Waals surface area contributed by atoms with E-state index >= 15 is 0 Å². The Morgan fingerprint density at radius 3 is 2.65 bits per heavy atom. The largest absolute Gasteiger partial charge is 0.391 e. The van der Waals surface area contributed by atoms with Gasteiger partial charge < -0.3 is 5.32 Å². The molecule has 0 amide bonds. The number of rotatable bonds is 2. The molecule has 1 aliphatic rings. The van der Waals surface area contributed by atoms with Crippen molar-refractivity contribution < 1.29 is 13.2 Å². The summed E-state index contributed by atoms with van der Waals surface area (Å²) in [5.74, 6) is -1.20. The Morgan fingerprint density at radius 2 is 2.00 bits per heavy atom. The summed E-state index contributed by atoms with van der Waals surface area (Å²) in [7, 11) is 0. The number of hydrogen-bond donors (Lipinski definition) is 1. The van der Waals surface area contributed by atoms with Crippen LogP contribution in [0.5, 0.6) is 0 Å². The molecule has 0 saturated heterocycles. The van der Waals surface area contributed by atoms with Crippen LogP contribution in [0.4, 0.5) is 18.9 Å². The lowest BCUT2D eigenvalue weighted by Gasteiger charge is -2.32. The van der Waals surface area contributed by atoms with Crippen molar-refractivity contribution in [1.29, 1.82) is 0 Å². The first-order chi connectivity index (χ1) is 9.27. The van der Waals surface area contributed by atoms with Gasteiger partial charge in [0, 0.05) is 15.5 Å². The lowest BCUT2D eigenvalue weighted by Crippen LogP contribution is -2.34. The van der Waals surface area contributed by atoms with E-state index in [9.17, 15) is 13.2 Å². The SMILES string of the molecule is Cc1cc(Br)c(NC2CCCC(C(F)(F)F)C2)cc1Cl. The van der Waals surface area contributed by atoms with Gasteiger partial charge in [0.25, 0.3) is 0 Å². The van der Waals surface area contributed by atoms with E-state index in [4.69, 9.17) is 11.6 Å². The third-order valence-corrected chi connectivity index (χ3v) is 4.81. The van der Waals surface area contributed by atoms with Crippen molar-refractivity contribution in [3.05, 3.63) is 27.2 Å². The second-order valence-electron chi connectivity index (χ2n) is 5.33. The summed E-state index contributed by atoms with van der Waals surface area (Å²) in [5, 5.41) is 3.80. The van der Waals surface area contributed by atoms with E-state index in [1.54, 1.807) is 6.07 Å². The third kappa shape index (κ3) is 3.82. The highest BCUT2D eigenvalue weighted by molar-refractivity contribution is 9.10. The molecule has 1 nitrogen and oxygen atoms in total. The van der Waals surface area contributed by atoms with Crippen molar-refractivity contribution >= 4 is 33.2 Å². The molecular formula is C14H16BrClF3N. The molecule has 1 aromatic carbocycles. The fourth-order valence-corrected chi connectivity index (χ4v) is 3.33. The minimum Gasteiger partial charge on any atom is -0.381 e. The zero-order valence-electron chi connectivity index (χ0n) is 11.0. The van der Waals surface area contributed by atoms with E-state index < -0.39 is 12.1 Å². The van der Waals surface area contributed by atoms with Crippen LogP contribution in [0.3, 0.4) is 0 Å². The van der Waals surface area contributed by atoms with Crippen molar-refractivity contribution in [2.75, 3.05) is 5.32 Å². The topological polar surface area (TPSA) is 12.0 Å². The number of hydrogen-bond acceptors (Lipinski definition) is 1. The lowest BCUT2D eigenvalue weighted by atomic mass is 9.85. The number of benzene rings is 1. The maximum absolute atomic E-state index is 12.8. The van der Waals surface area contributed by atoms with Gasteiger partial charge in [0.2, 0.25) is 0 Å². The van der Waals surface area contributed by atoms with Crippen LogP contribution in [0.2, 0.25) is 5.02 Å². The Kier molecular flexibility index (Phi) is 4.90. The number of nitrogens with one attached hydrogen (secondary N) is 1. The fourth-order valence-electron chi connectivity index (χ4n) is 2.59. The molecule has 0 heterocycles. The molecule has 0 radical (unpaired) electrons. The van der Waals surface area contributed by atoms with Crippen LogP contribution in [0, 0.1) is 12.8 Å². The molecule has 2 unspecified atom stereocenters. The van der Waals surface area contributed by atoms with Gasteiger partial charge in [0.15, 0.2) is 0 Å². The Balaban J connectivity index is 2.08. The van der Waals surface area contributed by atoms with Crippen molar-refractivity contribution in [3.63, 3.8) is 0 Å². The van der Waals surface area contributed by atoms with Gasteiger partial charge in [-0.15, -0.1) is 0 Å². The van der Waals surface area contributed by atoms with Crippen LogP contribution < -0.4 is 5.32 Å². The van der Waals surface area contributed by atoms with Gasteiger partial charge in [-0.25, -0.2) is 0 Å². The van der Waals surface area contributed by atoms with Crippen molar-refractivity contribution in [2.45, 2.75) is 44.8 Å². The zero-order valence-corrected chi connectivity index (χ0v) is 13.4. The molecule has 1 saturated carbocycles. The molecule has 1 N–H and O–H groups in total. The molecule has 6 heteroatoms. The quantitative estimate of drug-likeness (QED) is 0.679. The summed E-state index contributed by atoms with van der Waals surface area (Å²) in [4.78, 5) is 0. The minimum absolute atomic E-state index is 0.126. The molecule has 1 aromatic rings. The first kappa shape index (κ1) is 16.0. The molecule has 1 fully saturated rings. The summed E-state index contributed by atoms with van der Waals surface area (Å²) < 4.78 is 39.2. The van der Waals surface area contributed by atoms with E-state index in [0.717, 1.165) is 22.1 Å². The second-order valence-corrected chi connectivity index (χ2v) is 6.59. The average Bonchev–Trinajstić information content (AvgIpc) is 2.35. The number of anilines is 1. The molecular weight excluding hydrogens is 355 g/mol. The number of alkyl halides is 3. The Morgan fingerprint density at radius 1 is 1.30 bits per heavy atom. The molecule has 2 rings (SSSR count). The minimum atomic E-state index is -4.09. The molecule has 0 aliphatic heterocycles. The van der Waals surface area contributed by atoms with E-state index in [0.29, 0.717) is 11.4 Å². The highest BCUT2D eigenvalue weighted by Gasteiger charge is 2.42. The number of aryl methyl sites for hydroxylation is 1. The van der Waals surface area contributed by atoms with Gasteiger partial charge in [-0.2, -0.15) is 13.2 Å². The first-order valence-corrected chi connectivity index (χ1v) is 7.73. The van der Waals surface area contributed by atoms with Gasteiger partial charge in [-0.1, -0.05) is 18.0 Å². The highest BCUT2D eigenvalue weighted by Crippen LogP contribution is 2.39. The Bertz CT molecular complexity index is 490. The molecule has 0 aromatic heterocycles. The lowest BCUT2D eigenvalue weighted by molar-refractivity contribution is -0.182. The summed E-state index contributed by atoms with van der Waals surface area (Å²) in [6, 6.07) is 3.47. The van der Waals surface area contributed by atoms with Gasteiger partial charge in [-0.05, 0) is 59.8 Å². The summed E-state index contributed by atoms with van der Waals surface area (Å²) in [6.07, 6.45) is -2.38. The van der Waals surface area contributed by atoms with Gasteiger partial charge in [0.05, 0.1) is 11.6 Å². The Hall–Kier alpha value is -0.420. The standard InChI is InChI=1S/C14H16BrClF3N/c1-8-5-11(15)13(7-12(8)16)20-10-4-2-3-9(6-10)14(17,18)19/h5,7,9-10,20H,2-4,6H2,1H3. The van der Waals surface area contributed by atoms with Crippen LogP contribution in [0.15, 0.2) is 16.6 Å².